The first kappa shape index (κ1) is 19.2. The van der Waals surface area contributed by atoms with Crippen molar-refractivity contribution in [2.45, 2.75) is 13.2 Å². The average Bonchev–Trinajstić information content (AvgIpc) is 3.11. The molecule has 0 radical (unpaired) electrons. The van der Waals surface area contributed by atoms with Crippen molar-refractivity contribution in [3.63, 3.8) is 0 Å². The van der Waals surface area contributed by atoms with Crippen LogP contribution in [0, 0.1) is 0 Å². The number of aromatic nitrogens is 2. The third-order valence-corrected chi connectivity index (χ3v) is 4.88. The largest absolute Gasteiger partial charge is 0.493 e. The van der Waals surface area contributed by atoms with Crippen molar-refractivity contribution in [2.75, 3.05) is 13.7 Å². The van der Waals surface area contributed by atoms with Crippen LogP contribution >= 0.6 is 11.6 Å². The van der Waals surface area contributed by atoms with Crippen LogP contribution in [0.2, 0.25) is 5.02 Å². The fraction of sp³-hybridized carbons (Fsp3) is 0.174. The molecule has 0 unspecified atom stereocenters. The summed E-state index contributed by atoms with van der Waals surface area (Å²) in [6, 6.07) is 23.1. The van der Waals surface area contributed by atoms with Crippen LogP contribution in [0.15, 0.2) is 72.8 Å². The topological polar surface area (TPSA) is 45.5 Å². The van der Waals surface area contributed by atoms with Gasteiger partial charge in [-0.1, -0.05) is 48.0 Å². The van der Waals surface area contributed by atoms with Gasteiger partial charge in [-0.3, -0.25) is 0 Å². The molecular formula is C23H21ClN2O3. The number of benzene rings is 3. The maximum Gasteiger partial charge on any atom is 0.161 e. The zero-order chi connectivity index (χ0) is 20.1. The number of fused-ring (bicyclic) bond motifs is 1. The molecule has 148 valence electrons. The Labute approximate surface area is 174 Å². The van der Waals surface area contributed by atoms with E-state index in [4.69, 9.17) is 30.8 Å². The smallest absolute Gasteiger partial charge is 0.161 e. The summed E-state index contributed by atoms with van der Waals surface area (Å²) in [6.07, 6.45) is 0. The van der Waals surface area contributed by atoms with Gasteiger partial charge in [-0.2, -0.15) is 0 Å². The minimum absolute atomic E-state index is 0.321. The van der Waals surface area contributed by atoms with Crippen molar-refractivity contribution in [1.82, 2.24) is 9.55 Å². The monoisotopic (exact) mass is 408 g/mol. The van der Waals surface area contributed by atoms with Crippen molar-refractivity contribution >= 4 is 22.6 Å². The number of imidazole rings is 1. The van der Waals surface area contributed by atoms with Crippen LogP contribution in [-0.4, -0.2) is 23.3 Å². The van der Waals surface area contributed by atoms with Crippen LogP contribution < -0.4 is 14.2 Å². The molecule has 0 N–H and O–H groups in total. The highest BCUT2D eigenvalue weighted by atomic mass is 35.5. The van der Waals surface area contributed by atoms with E-state index in [2.05, 4.69) is 4.57 Å². The number of para-hydroxylation sites is 5. The summed E-state index contributed by atoms with van der Waals surface area (Å²) in [5.41, 5.74) is 1.96. The van der Waals surface area contributed by atoms with Crippen molar-refractivity contribution in [3.05, 3.63) is 83.6 Å². The molecule has 6 heteroatoms. The maximum absolute atomic E-state index is 6.18. The number of rotatable bonds is 8. The summed E-state index contributed by atoms with van der Waals surface area (Å²) in [5.74, 6) is 2.86. The highest BCUT2D eigenvalue weighted by Crippen LogP contribution is 2.27. The third-order valence-electron chi connectivity index (χ3n) is 4.57. The second-order valence-corrected chi connectivity index (χ2v) is 6.79. The molecule has 0 aliphatic carbocycles. The Kier molecular flexibility index (Phi) is 5.86. The molecule has 0 aliphatic rings. The molecule has 0 saturated carbocycles. The van der Waals surface area contributed by atoms with Gasteiger partial charge in [0.15, 0.2) is 11.5 Å². The third kappa shape index (κ3) is 4.30. The molecular weight excluding hydrogens is 388 g/mol. The van der Waals surface area contributed by atoms with E-state index >= 15 is 0 Å². The van der Waals surface area contributed by atoms with Crippen LogP contribution in [0.1, 0.15) is 5.82 Å². The SMILES string of the molecule is COc1ccccc1OCc1nc2ccccc2n1CCOc1ccccc1Cl. The van der Waals surface area contributed by atoms with Crippen LogP contribution in [0.5, 0.6) is 17.2 Å². The second-order valence-electron chi connectivity index (χ2n) is 6.39. The second kappa shape index (κ2) is 8.88. The summed E-state index contributed by atoms with van der Waals surface area (Å²) in [4.78, 5) is 4.74. The molecule has 0 atom stereocenters. The lowest BCUT2D eigenvalue weighted by atomic mass is 10.3. The number of hydrogen-bond donors (Lipinski definition) is 0. The van der Waals surface area contributed by atoms with Crippen LogP contribution in [0.3, 0.4) is 0 Å². The normalized spacial score (nSPS) is 10.8. The Morgan fingerprint density at radius 2 is 1.52 bits per heavy atom. The number of ether oxygens (including phenoxy) is 3. The summed E-state index contributed by atoms with van der Waals surface area (Å²) in [5, 5.41) is 0.600. The minimum Gasteiger partial charge on any atom is -0.493 e. The van der Waals surface area contributed by atoms with Crippen LogP contribution in [-0.2, 0) is 13.2 Å². The lowest BCUT2D eigenvalue weighted by Gasteiger charge is -2.13. The predicted octanol–water partition coefficient (Wildman–Crippen LogP) is 5.36. The Hall–Kier alpha value is -3.18. The molecule has 1 aromatic heterocycles. The summed E-state index contributed by atoms with van der Waals surface area (Å²) in [6.45, 7) is 1.41. The van der Waals surface area contributed by atoms with Gasteiger partial charge in [-0.15, -0.1) is 0 Å². The summed E-state index contributed by atoms with van der Waals surface area (Å²) in [7, 11) is 1.63. The molecule has 0 saturated heterocycles. The Morgan fingerprint density at radius 3 is 2.31 bits per heavy atom. The number of hydrogen-bond acceptors (Lipinski definition) is 4. The van der Waals surface area contributed by atoms with E-state index in [1.807, 2.05) is 72.8 Å². The highest BCUT2D eigenvalue weighted by molar-refractivity contribution is 6.32. The van der Waals surface area contributed by atoms with E-state index in [-0.39, 0.29) is 0 Å². The fourth-order valence-electron chi connectivity index (χ4n) is 3.17. The van der Waals surface area contributed by atoms with E-state index in [0.29, 0.717) is 42.0 Å². The van der Waals surface area contributed by atoms with E-state index in [9.17, 15) is 0 Å². The average molecular weight is 409 g/mol. The molecule has 1 heterocycles. The van der Waals surface area contributed by atoms with Crippen LogP contribution in [0.25, 0.3) is 11.0 Å². The lowest BCUT2D eigenvalue weighted by Crippen LogP contribution is -2.13. The quantitative estimate of drug-likeness (QED) is 0.394. The molecule has 0 spiro atoms. The Balaban J connectivity index is 1.53. The standard InChI is InChI=1S/C23H21ClN2O3/c1-27-21-12-6-7-13-22(21)29-16-23-25-18-9-3-4-10-19(18)26(23)14-15-28-20-11-5-2-8-17(20)24/h2-13H,14-16H2,1H3. The van der Waals surface area contributed by atoms with Gasteiger partial charge >= 0.3 is 0 Å². The van der Waals surface area contributed by atoms with Crippen LogP contribution in [0.4, 0.5) is 0 Å². The first-order valence-corrected chi connectivity index (χ1v) is 9.71. The van der Waals surface area contributed by atoms with Gasteiger partial charge in [0.1, 0.15) is 24.8 Å². The fourth-order valence-corrected chi connectivity index (χ4v) is 3.36. The molecule has 5 nitrogen and oxygen atoms in total. The summed E-state index contributed by atoms with van der Waals surface area (Å²) < 4.78 is 19.3. The van der Waals surface area contributed by atoms with Gasteiger partial charge in [0.05, 0.1) is 29.7 Å². The van der Waals surface area contributed by atoms with Gasteiger partial charge in [-0.05, 0) is 36.4 Å². The molecule has 4 aromatic rings. The zero-order valence-corrected chi connectivity index (χ0v) is 16.8. The summed E-state index contributed by atoms with van der Waals surface area (Å²) >= 11 is 6.18. The van der Waals surface area contributed by atoms with E-state index < -0.39 is 0 Å². The van der Waals surface area contributed by atoms with E-state index in [1.54, 1.807) is 7.11 Å². The molecule has 3 aromatic carbocycles. The Morgan fingerprint density at radius 1 is 0.828 bits per heavy atom. The lowest BCUT2D eigenvalue weighted by molar-refractivity contribution is 0.262. The molecule has 0 bridgehead atoms. The van der Waals surface area contributed by atoms with Crippen molar-refractivity contribution in [1.29, 1.82) is 0 Å². The molecule has 4 rings (SSSR count). The molecule has 0 fully saturated rings. The van der Waals surface area contributed by atoms with Crippen molar-refractivity contribution in [3.8, 4) is 17.2 Å². The first-order valence-electron chi connectivity index (χ1n) is 9.33. The van der Waals surface area contributed by atoms with E-state index in [0.717, 1.165) is 16.9 Å². The molecule has 0 amide bonds. The number of nitrogens with zero attached hydrogens (tertiary/aromatic N) is 2. The van der Waals surface area contributed by atoms with Gasteiger partial charge in [0.25, 0.3) is 0 Å². The maximum atomic E-state index is 6.18. The predicted molar refractivity (Wildman–Crippen MR) is 114 cm³/mol. The number of halogens is 1. The van der Waals surface area contributed by atoms with Gasteiger partial charge in [-0.25, -0.2) is 4.98 Å². The molecule has 29 heavy (non-hydrogen) atoms. The highest BCUT2D eigenvalue weighted by Gasteiger charge is 2.13. The number of methoxy groups -OCH3 is 1. The van der Waals surface area contributed by atoms with Gasteiger partial charge in [0.2, 0.25) is 0 Å². The van der Waals surface area contributed by atoms with E-state index in [1.165, 1.54) is 0 Å². The zero-order valence-electron chi connectivity index (χ0n) is 16.0. The first-order chi connectivity index (χ1) is 14.3. The minimum atomic E-state index is 0.321. The van der Waals surface area contributed by atoms with Gasteiger partial charge < -0.3 is 18.8 Å². The Bertz CT molecular complexity index is 1110. The van der Waals surface area contributed by atoms with Crippen molar-refractivity contribution < 1.29 is 14.2 Å². The van der Waals surface area contributed by atoms with Crippen molar-refractivity contribution in [2.24, 2.45) is 0 Å². The van der Waals surface area contributed by atoms with Gasteiger partial charge in [0, 0.05) is 0 Å². The molecule has 0 aliphatic heterocycles.